The molecule has 1 fully saturated rings. The fourth-order valence-electron chi connectivity index (χ4n) is 2.12. The average Bonchev–Trinajstić information content (AvgIpc) is 3.26. The van der Waals surface area contributed by atoms with Crippen LogP contribution in [0.1, 0.15) is 31.4 Å². The lowest BCUT2D eigenvalue weighted by Crippen LogP contribution is -2.04. The minimum Gasteiger partial charge on any atom is -0.370 e. The molecule has 2 aromatic rings. The molecule has 1 aromatic carbocycles. The van der Waals surface area contributed by atoms with Crippen LogP contribution in [0, 0.1) is 5.82 Å². The van der Waals surface area contributed by atoms with Gasteiger partial charge in [-0.05, 0) is 31.9 Å². The van der Waals surface area contributed by atoms with Crippen molar-refractivity contribution in [2.75, 3.05) is 11.9 Å². The maximum absolute atomic E-state index is 14.1. The largest absolute Gasteiger partial charge is 0.370 e. The van der Waals surface area contributed by atoms with Crippen molar-refractivity contribution in [3.63, 3.8) is 0 Å². The maximum atomic E-state index is 14.1. The van der Waals surface area contributed by atoms with E-state index < -0.39 is 5.82 Å². The van der Waals surface area contributed by atoms with Gasteiger partial charge in [-0.25, -0.2) is 14.4 Å². The standard InChI is InChI=1S/C15H15ClFN3/c1-2-18-13-8-12(9-6-7-9)19-15(20-13)10-4-3-5-11(16)14(10)17/h3-5,8-9H,2,6-7H2,1H3,(H,18,19,20). The summed E-state index contributed by atoms with van der Waals surface area (Å²) >= 11 is 5.83. The van der Waals surface area contributed by atoms with E-state index in [-0.39, 0.29) is 5.02 Å². The van der Waals surface area contributed by atoms with Crippen LogP contribution in [0.2, 0.25) is 5.02 Å². The second kappa shape index (κ2) is 5.37. The van der Waals surface area contributed by atoms with Gasteiger partial charge in [0.15, 0.2) is 11.6 Å². The van der Waals surface area contributed by atoms with Crippen molar-refractivity contribution in [1.29, 1.82) is 0 Å². The highest BCUT2D eigenvalue weighted by atomic mass is 35.5. The SMILES string of the molecule is CCNc1cc(C2CC2)nc(-c2cccc(Cl)c2F)n1. The van der Waals surface area contributed by atoms with Crippen molar-refractivity contribution in [3.8, 4) is 11.4 Å². The van der Waals surface area contributed by atoms with E-state index in [9.17, 15) is 4.39 Å². The Bertz CT molecular complexity index is 641. The Morgan fingerprint density at radius 3 is 2.85 bits per heavy atom. The summed E-state index contributed by atoms with van der Waals surface area (Å²) < 4.78 is 14.1. The van der Waals surface area contributed by atoms with Crippen LogP contribution in [0.3, 0.4) is 0 Å². The van der Waals surface area contributed by atoms with E-state index in [0.29, 0.717) is 17.3 Å². The molecule has 1 N–H and O–H groups in total. The first-order chi connectivity index (χ1) is 9.69. The number of benzene rings is 1. The van der Waals surface area contributed by atoms with Gasteiger partial charge in [0.05, 0.1) is 10.6 Å². The lowest BCUT2D eigenvalue weighted by molar-refractivity contribution is 0.630. The predicted octanol–water partition coefficient (Wildman–Crippen LogP) is 4.25. The van der Waals surface area contributed by atoms with Gasteiger partial charge in [-0.2, -0.15) is 0 Å². The van der Waals surface area contributed by atoms with Gasteiger partial charge in [0, 0.05) is 24.2 Å². The Balaban J connectivity index is 2.09. The highest BCUT2D eigenvalue weighted by molar-refractivity contribution is 6.31. The van der Waals surface area contributed by atoms with Crippen LogP contribution in [0.4, 0.5) is 10.2 Å². The molecule has 20 heavy (non-hydrogen) atoms. The Kier molecular flexibility index (Phi) is 3.57. The van der Waals surface area contributed by atoms with Gasteiger partial charge in [0.1, 0.15) is 5.82 Å². The van der Waals surface area contributed by atoms with E-state index in [1.807, 2.05) is 13.0 Å². The van der Waals surface area contributed by atoms with Crippen molar-refractivity contribution in [1.82, 2.24) is 9.97 Å². The molecule has 104 valence electrons. The van der Waals surface area contributed by atoms with E-state index >= 15 is 0 Å². The summed E-state index contributed by atoms with van der Waals surface area (Å²) in [5.74, 6) is 1.14. The van der Waals surface area contributed by atoms with Gasteiger partial charge in [-0.1, -0.05) is 17.7 Å². The third-order valence-electron chi connectivity index (χ3n) is 3.29. The highest BCUT2D eigenvalue weighted by Crippen LogP contribution is 2.40. The Morgan fingerprint density at radius 1 is 1.35 bits per heavy atom. The molecule has 0 unspecified atom stereocenters. The topological polar surface area (TPSA) is 37.8 Å². The minimum atomic E-state index is -0.468. The summed E-state index contributed by atoms with van der Waals surface area (Å²) in [4.78, 5) is 8.88. The number of hydrogen-bond acceptors (Lipinski definition) is 3. The van der Waals surface area contributed by atoms with Gasteiger partial charge in [-0.3, -0.25) is 0 Å². The van der Waals surface area contributed by atoms with Crippen LogP contribution in [-0.2, 0) is 0 Å². The highest BCUT2D eigenvalue weighted by Gasteiger charge is 2.26. The van der Waals surface area contributed by atoms with Crippen molar-refractivity contribution >= 4 is 17.4 Å². The third kappa shape index (κ3) is 2.61. The first-order valence-corrected chi connectivity index (χ1v) is 7.14. The summed E-state index contributed by atoms with van der Waals surface area (Å²) in [7, 11) is 0. The molecule has 1 aliphatic carbocycles. The van der Waals surface area contributed by atoms with Crippen molar-refractivity contribution in [2.24, 2.45) is 0 Å². The molecule has 0 aliphatic heterocycles. The van der Waals surface area contributed by atoms with Crippen molar-refractivity contribution < 1.29 is 4.39 Å². The summed E-state index contributed by atoms with van der Waals surface area (Å²) in [6.45, 7) is 2.76. The van der Waals surface area contributed by atoms with Gasteiger partial charge >= 0.3 is 0 Å². The molecule has 5 heteroatoms. The fraction of sp³-hybridized carbons (Fsp3) is 0.333. The first-order valence-electron chi connectivity index (χ1n) is 6.76. The number of aromatic nitrogens is 2. The van der Waals surface area contributed by atoms with Crippen LogP contribution in [-0.4, -0.2) is 16.5 Å². The van der Waals surface area contributed by atoms with E-state index in [0.717, 1.165) is 30.9 Å². The number of hydrogen-bond donors (Lipinski definition) is 1. The molecule has 0 bridgehead atoms. The summed E-state index contributed by atoms with van der Waals surface area (Å²) in [5.41, 5.74) is 1.32. The normalized spacial score (nSPS) is 14.3. The smallest absolute Gasteiger partial charge is 0.164 e. The zero-order valence-corrected chi connectivity index (χ0v) is 11.9. The average molecular weight is 292 g/mol. The molecular formula is C15H15ClFN3. The van der Waals surface area contributed by atoms with Gasteiger partial charge in [-0.15, -0.1) is 0 Å². The van der Waals surface area contributed by atoms with Crippen molar-refractivity contribution in [2.45, 2.75) is 25.7 Å². The molecule has 3 rings (SSSR count). The number of nitrogens with one attached hydrogen (secondary N) is 1. The van der Waals surface area contributed by atoms with E-state index in [4.69, 9.17) is 11.6 Å². The van der Waals surface area contributed by atoms with Crippen LogP contribution in [0.5, 0.6) is 0 Å². The first kappa shape index (κ1) is 13.3. The quantitative estimate of drug-likeness (QED) is 0.915. The maximum Gasteiger partial charge on any atom is 0.164 e. The Morgan fingerprint density at radius 2 is 2.15 bits per heavy atom. The number of anilines is 1. The van der Waals surface area contributed by atoms with Crippen LogP contribution in [0.25, 0.3) is 11.4 Å². The second-order valence-corrected chi connectivity index (χ2v) is 5.31. The number of rotatable bonds is 4. The van der Waals surface area contributed by atoms with E-state index in [1.54, 1.807) is 12.1 Å². The van der Waals surface area contributed by atoms with E-state index in [2.05, 4.69) is 15.3 Å². The zero-order valence-electron chi connectivity index (χ0n) is 11.2. The molecular weight excluding hydrogens is 277 g/mol. The predicted molar refractivity (Wildman–Crippen MR) is 78.6 cm³/mol. The lowest BCUT2D eigenvalue weighted by atomic mass is 10.2. The molecule has 1 aliphatic rings. The molecule has 0 saturated heterocycles. The number of halogens is 2. The Labute approximate surface area is 122 Å². The molecule has 0 amide bonds. The summed E-state index contributed by atoms with van der Waals surface area (Å²) in [5, 5.41) is 3.26. The summed E-state index contributed by atoms with van der Waals surface area (Å²) in [6, 6.07) is 6.84. The third-order valence-corrected chi connectivity index (χ3v) is 3.58. The molecule has 0 atom stereocenters. The van der Waals surface area contributed by atoms with Gasteiger partial charge in [0.2, 0.25) is 0 Å². The Hall–Kier alpha value is -1.68. The molecule has 1 heterocycles. The van der Waals surface area contributed by atoms with Crippen LogP contribution >= 0.6 is 11.6 Å². The van der Waals surface area contributed by atoms with Crippen LogP contribution in [0.15, 0.2) is 24.3 Å². The number of nitrogens with zero attached hydrogens (tertiary/aromatic N) is 2. The molecule has 0 radical (unpaired) electrons. The summed E-state index contributed by atoms with van der Waals surface area (Å²) in [6.07, 6.45) is 2.28. The van der Waals surface area contributed by atoms with Crippen LogP contribution < -0.4 is 5.32 Å². The fourth-order valence-corrected chi connectivity index (χ4v) is 2.30. The molecule has 1 aromatic heterocycles. The molecule has 0 spiro atoms. The van der Waals surface area contributed by atoms with E-state index in [1.165, 1.54) is 6.07 Å². The van der Waals surface area contributed by atoms with Crippen molar-refractivity contribution in [3.05, 3.63) is 40.8 Å². The minimum absolute atomic E-state index is 0.0907. The lowest BCUT2D eigenvalue weighted by Gasteiger charge is -2.09. The monoisotopic (exact) mass is 291 g/mol. The zero-order chi connectivity index (χ0) is 14.1. The molecule has 3 nitrogen and oxygen atoms in total. The second-order valence-electron chi connectivity index (χ2n) is 4.91. The van der Waals surface area contributed by atoms with Gasteiger partial charge < -0.3 is 5.32 Å². The molecule has 1 saturated carbocycles. The van der Waals surface area contributed by atoms with Gasteiger partial charge in [0.25, 0.3) is 0 Å².